The zero-order valence-electron chi connectivity index (χ0n) is 10.8. The summed E-state index contributed by atoms with van der Waals surface area (Å²) in [6.45, 7) is 3.61. The normalized spacial score (nSPS) is 10.5. The molecule has 1 N–H and O–H groups in total. The topological polar surface area (TPSA) is 64.2 Å². The van der Waals surface area contributed by atoms with Gasteiger partial charge in [0.05, 0.1) is 11.4 Å². The largest absolute Gasteiger partial charge is 0.370 e. The predicted molar refractivity (Wildman–Crippen MR) is 75.5 cm³/mol. The highest BCUT2D eigenvalue weighted by molar-refractivity contribution is 9.10. The van der Waals surface area contributed by atoms with E-state index in [0.717, 1.165) is 10.0 Å². The Morgan fingerprint density at radius 2 is 2.05 bits per heavy atom. The molecule has 0 saturated heterocycles. The second kappa shape index (κ2) is 5.05. The van der Waals surface area contributed by atoms with Gasteiger partial charge in [-0.15, -0.1) is 0 Å². The Labute approximate surface area is 118 Å². The fourth-order valence-corrected chi connectivity index (χ4v) is 2.30. The first-order chi connectivity index (χ1) is 8.90. The molecule has 19 heavy (non-hydrogen) atoms. The van der Waals surface area contributed by atoms with Crippen molar-refractivity contribution in [3.05, 3.63) is 49.9 Å². The van der Waals surface area contributed by atoms with Crippen molar-refractivity contribution < 1.29 is 9.32 Å². The lowest BCUT2D eigenvalue weighted by Crippen LogP contribution is -2.19. The summed E-state index contributed by atoms with van der Waals surface area (Å²) >= 11 is 3.37. The van der Waals surface area contributed by atoms with Crippen molar-refractivity contribution in [3.8, 4) is 0 Å². The van der Waals surface area contributed by atoms with Crippen LogP contribution in [0.15, 0.2) is 32.0 Å². The summed E-state index contributed by atoms with van der Waals surface area (Å²) in [5, 5.41) is 2.69. The fraction of sp³-hybridized carbons (Fsp3) is 0.231. The number of amides is 1. The molecule has 1 aromatic heterocycles. The van der Waals surface area contributed by atoms with Gasteiger partial charge in [0.15, 0.2) is 0 Å². The maximum Gasteiger partial charge on any atom is 0.370 e. The van der Waals surface area contributed by atoms with Crippen molar-refractivity contribution in [2.75, 3.05) is 5.32 Å². The van der Waals surface area contributed by atoms with Gasteiger partial charge < -0.3 is 9.84 Å². The minimum atomic E-state index is -0.638. The first-order valence-electron chi connectivity index (χ1n) is 5.64. The Morgan fingerprint density at radius 1 is 1.37 bits per heavy atom. The maximum atomic E-state index is 12.1. The number of carbonyl (C=O) groups is 1. The van der Waals surface area contributed by atoms with Crippen LogP contribution in [-0.2, 0) is 7.05 Å². The summed E-state index contributed by atoms with van der Waals surface area (Å²) in [5.74, 6) is -0.476. The van der Waals surface area contributed by atoms with Crippen molar-refractivity contribution in [2.45, 2.75) is 13.8 Å². The third kappa shape index (κ3) is 2.63. The third-order valence-corrected chi connectivity index (χ3v) is 3.51. The van der Waals surface area contributed by atoms with E-state index in [-0.39, 0.29) is 5.56 Å². The number of aryl methyl sites for hydroxylation is 2. The van der Waals surface area contributed by atoms with E-state index in [9.17, 15) is 9.59 Å². The molecule has 0 spiro atoms. The monoisotopic (exact) mass is 324 g/mol. The summed E-state index contributed by atoms with van der Waals surface area (Å²) in [6.07, 6.45) is 0. The molecule has 1 heterocycles. The Balaban J connectivity index is 2.33. The highest BCUT2D eigenvalue weighted by Gasteiger charge is 2.20. The smallest absolute Gasteiger partial charge is 0.336 e. The molecule has 0 aliphatic carbocycles. The van der Waals surface area contributed by atoms with E-state index < -0.39 is 11.5 Å². The van der Waals surface area contributed by atoms with Gasteiger partial charge in [-0.1, -0.05) is 6.07 Å². The second-order valence-electron chi connectivity index (χ2n) is 4.27. The number of nitrogens with zero attached hydrogens (tertiary/aromatic N) is 1. The number of anilines is 1. The predicted octanol–water partition coefficient (Wildman–Crippen LogP) is 2.61. The van der Waals surface area contributed by atoms with Gasteiger partial charge in [-0.25, -0.2) is 9.53 Å². The summed E-state index contributed by atoms with van der Waals surface area (Å²) in [6, 6.07) is 5.54. The quantitative estimate of drug-likeness (QED) is 0.923. The van der Waals surface area contributed by atoms with Crippen LogP contribution in [-0.4, -0.2) is 10.6 Å². The average molecular weight is 325 g/mol. The van der Waals surface area contributed by atoms with Crippen molar-refractivity contribution >= 4 is 27.5 Å². The van der Waals surface area contributed by atoms with Gasteiger partial charge in [-0.3, -0.25) is 4.79 Å². The van der Waals surface area contributed by atoms with Gasteiger partial charge in [0, 0.05) is 11.5 Å². The maximum absolute atomic E-state index is 12.1. The lowest BCUT2D eigenvalue weighted by atomic mass is 10.2. The molecule has 0 saturated carbocycles. The summed E-state index contributed by atoms with van der Waals surface area (Å²) in [5.41, 5.74) is 1.56. The standard InChI is InChI=1S/C13H13BrN2O3/c1-7-4-5-10(9(14)6-7)15-12(17)11-8(2)16(3)19-13(11)18/h4-6H,1-3H3,(H,15,17). The number of rotatable bonds is 2. The third-order valence-electron chi connectivity index (χ3n) is 2.86. The van der Waals surface area contributed by atoms with Crippen LogP contribution in [0.1, 0.15) is 21.6 Å². The van der Waals surface area contributed by atoms with E-state index >= 15 is 0 Å². The van der Waals surface area contributed by atoms with Crippen LogP contribution in [0.25, 0.3) is 0 Å². The molecule has 6 heteroatoms. The number of hydrogen-bond acceptors (Lipinski definition) is 3. The molecule has 1 aromatic carbocycles. The Bertz CT molecular complexity index is 700. The lowest BCUT2D eigenvalue weighted by Gasteiger charge is -2.07. The molecule has 0 atom stereocenters. The van der Waals surface area contributed by atoms with Crippen LogP contribution in [0.4, 0.5) is 5.69 Å². The van der Waals surface area contributed by atoms with Gasteiger partial charge in [0.1, 0.15) is 5.56 Å². The molecule has 0 unspecified atom stereocenters. The molecule has 0 aliphatic rings. The van der Waals surface area contributed by atoms with Gasteiger partial charge in [-0.05, 0) is 47.5 Å². The molecule has 5 nitrogen and oxygen atoms in total. The van der Waals surface area contributed by atoms with Crippen molar-refractivity contribution in [1.29, 1.82) is 0 Å². The minimum Gasteiger partial charge on any atom is -0.336 e. The molecule has 1 amide bonds. The number of nitrogens with one attached hydrogen (secondary N) is 1. The van der Waals surface area contributed by atoms with E-state index in [2.05, 4.69) is 21.2 Å². The molecule has 0 bridgehead atoms. The van der Waals surface area contributed by atoms with Crippen LogP contribution >= 0.6 is 15.9 Å². The highest BCUT2D eigenvalue weighted by Crippen LogP contribution is 2.23. The summed E-state index contributed by atoms with van der Waals surface area (Å²) in [4.78, 5) is 23.7. The number of carbonyl (C=O) groups excluding carboxylic acids is 1. The summed E-state index contributed by atoms with van der Waals surface area (Å²) in [7, 11) is 1.58. The van der Waals surface area contributed by atoms with Crippen molar-refractivity contribution in [3.63, 3.8) is 0 Å². The van der Waals surface area contributed by atoms with Gasteiger partial charge in [-0.2, -0.15) is 0 Å². The Morgan fingerprint density at radius 3 is 2.58 bits per heavy atom. The number of hydrogen-bond donors (Lipinski definition) is 1. The molecule has 2 rings (SSSR count). The number of halogens is 1. The summed E-state index contributed by atoms with van der Waals surface area (Å²) < 4.78 is 6.88. The molecule has 2 aromatic rings. The Hall–Kier alpha value is -1.82. The van der Waals surface area contributed by atoms with Gasteiger partial charge in [0.25, 0.3) is 5.91 Å². The van der Waals surface area contributed by atoms with Crippen molar-refractivity contribution in [1.82, 2.24) is 4.74 Å². The van der Waals surface area contributed by atoms with E-state index in [1.165, 1.54) is 4.74 Å². The molecule has 0 aliphatic heterocycles. The SMILES string of the molecule is Cc1ccc(NC(=O)c2c(C)n(C)oc2=O)c(Br)c1. The molecular weight excluding hydrogens is 312 g/mol. The van der Waals surface area contributed by atoms with E-state index in [0.29, 0.717) is 11.4 Å². The van der Waals surface area contributed by atoms with E-state index in [1.807, 2.05) is 19.1 Å². The van der Waals surface area contributed by atoms with Crippen LogP contribution in [0.5, 0.6) is 0 Å². The van der Waals surface area contributed by atoms with Gasteiger partial charge in [0.2, 0.25) is 0 Å². The number of benzene rings is 1. The van der Waals surface area contributed by atoms with Crippen LogP contribution in [0.2, 0.25) is 0 Å². The molecular formula is C13H13BrN2O3. The van der Waals surface area contributed by atoms with Crippen molar-refractivity contribution in [2.24, 2.45) is 7.05 Å². The average Bonchev–Trinajstić information content (AvgIpc) is 2.57. The zero-order chi connectivity index (χ0) is 14.2. The molecule has 100 valence electrons. The van der Waals surface area contributed by atoms with E-state index in [1.54, 1.807) is 20.0 Å². The van der Waals surface area contributed by atoms with Gasteiger partial charge >= 0.3 is 5.63 Å². The molecule has 0 fully saturated rings. The number of aromatic nitrogens is 1. The van der Waals surface area contributed by atoms with E-state index in [4.69, 9.17) is 4.52 Å². The van der Waals surface area contributed by atoms with Crippen LogP contribution in [0, 0.1) is 13.8 Å². The lowest BCUT2D eigenvalue weighted by molar-refractivity contribution is 0.102. The fourth-order valence-electron chi connectivity index (χ4n) is 1.71. The second-order valence-corrected chi connectivity index (χ2v) is 5.13. The first-order valence-corrected chi connectivity index (χ1v) is 6.44. The molecule has 0 radical (unpaired) electrons. The Kier molecular flexibility index (Phi) is 3.61. The highest BCUT2D eigenvalue weighted by atomic mass is 79.9. The minimum absolute atomic E-state index is 0.0231. The van der Waals surface area contributed by atoms with Crippen LogP contribution < -0.4 is 10.9 Å². The zero-order valence-corrected chi connectivity index (χ0v) is 12.4. The first kappa shape index (κ1) is 13.6. The van der Waals surface area contributed by atoms with Crippen LogP contribution in [0.3, 0.4) is 0 Å².